The predicted octanol–water partition coefficient (Wildman–Crippen LogP) is 5.67. The quantitative estimate of drug-likeness (QED) is 0.555. The molecule has 3 aromatic rings. The van der Waals surface area contributed by atoms with E-state index in [1.807, 2.05) is 17.5 Å². The van der Waals surface area contributed by atoms with Crippen molar-refractivity contribution in [2.24, 2.45) is 0 Å². The molecule has 0 aliphatic carbocycles. The van der Waals surface area contributed by atoms with Crippen LogP contribution >= 0.6 is 38.9 Å². The second-order valence-electron chi connectivity index (χ2n) is 5.08. The van der Waals surface area contributed by atoms with Crippen LogP contribution in [0.1, 0.15) is 20.0 Å². The van der Waals surface area contributed by atoms with Gasteiger partial charge in [-0.15, -0.1) is 11.3 Å². The molecule has 4 nitrogen and oxygen atoms in total. The van der Waals surface area contributed by atoms with Gasteiger partial charge in [-0.2, -0.15) is 0 Å². The summed E-state index contributed by atoms with van der Waals surface area (Å²) >= 11 is 10.7. The molecule has 3 rings (SSSR count). The van der Waals surface area contributed by atoms with Crippen LogP contribution in [0.3, 0.4) is 0 Å². The highest BCUT2D eigenvalue weighted by molar-refractivity contribution is 9.10. The molecule has 0 spiro atoms. The summed E-state index contributed by atoms with van der Waals surface area (Å²) in [6.45, 7) is 0. The molecule has 0 radical (unpaired) electrons. The lowest BCUT2D eigenvalue weighted by Crippen LogP contribution is -2.17. The molecule has 0 saturated carbocycles. The summed E-state index contributed by atoms with van der Waals surface area (Å²) in [6, 6.07) is 15.5. The lowest BCUT2D eigenvalue weighted by Gasteiger charge is -2.12. The largest absolute Gasteiger partial charge is 0.322 e. The molecule has 2 aromatic carbocycles. The van der Waals surface area contributed by atoms with Crippen molar-refractivity contribution >= 4 is 62.1 Å². The molecular formula is C18H12BrClN2O2S. The Morgan fingerprint density at radius 1 is 0.960 bits per heavy atom. The summed E-state index contributed by atoms with van der Waals surface area (Å²) in [5.74, 6) is -0.624. The molecule has 0 saturated heterocycles. The van der Waals surface area contributed by atoms with Crippen molar-refractivity contribution in [3.05, 3.63) is 79.9 Å². The van der Waals surface area contributed by atoms with Crippen LogP contribution in [0.5, 0.6) is 0 Å². The monoisotopic (exact) mass is 434 g/mol. The number of thiophene rings is 1. The molecule has 0 aliphatic heterocycles. The number of amides is 2. The van der Waals surface area contributed by atoms with E-state index in [0.29, 0.717) is 26.8 Å². The lowest BCUT2D eigenvalue weighted by molar-refractivity contribution is 0.102. The van der Waals surface area contributed by atoms with E-state index in [1.54, 1.807) is 36.4 Å². The third kappa shape index (κ3) is 4.48. The van der Waals surface area contributed by atoms with Crippen LogP contribution in [-0.2, 0) is 0 Å². The zero-order valence-electron chi connectivity index (χ0n) is 12.8. The summed E-state index contributed by atoms with van der Waals surface area (Å²) in [4.78, 5) is 25.4. The van der Waals surface area contributed by atoms with Gasteiger partial charge >= 0.3 is 0 Å². The maximum atomic E-state index is 12.6. The molecule has 2 N–H and O–H groups in total. The fourth-order valence-electron chi connectivity index (χ4n) is 2.14. The Morgan fingerprint density at radius 2 is 1.72 bits per heavy atom. The molecule has 1 heterocycles. The zero-order valence-corrected chi connectivity index (χ0v) is 15.9. The van der Waals surface area contributed by atoms with Gasteiger partial charge in [0, 0.05) is 15.2 Å². The van der Waals surface area contributed by atoms with Crippen molar-refractivity contribution in [2.75, 3.05) is 10.6 Å². The first kappa shape index (κ1) is 17.7. The summed E-state index contributed by atoms with van der Waals surface area (Å²) in [6.07, 6.45) is 0. The highest BCUT2D eigenvalue weighted by Crippen LogP contribution is 2.24. The van der Waals surface area contributed by atoms with E-state index >= 15 is 0 Å². The van der Waals surface area contributed by atoms with Crippen molar-refractivity contribution in [1.82, 2.24) is 0 Å². The summed E-state index contributed by atoms with van der Waals surface area (Å²) < 4.78 is 0.914. The predicted molar refractivity (Wildman–Crippen MR) is 106 cm³/mol. The van der Waals surface area contributed by atoms with Crippen molar-refractivity contribution in [3.8, 4) is 0 Å². The SMILES string of the molecule is O=C(Nc1ccc(Cl)cc1C(=O)Nc1ccc(Br)cc1)c1cccs1. The number of hydrogen-bond acceptors (Lipinski definition) is 3. The average molecular weight is 436 g/mol. The summed E-state index contributed by atoms with van der Waals surface area (Å²) in [5, 5.41) is 7.78. The van der Waals surface area contributed by atoms with Crippen LogP contribution in [0.25, 0.3) is 0 Å². The second kappa shape index (κ2) is 7.82. The number of carbonyl (C=O) groups excluding carboxylic acids is 2. The third-order valence-corrected chi connectivity index (χ3v) is 4.95. The van der Waals surface area contributed by atoms with Crippen LogP contribution < -0.4 is 10.6 Å². The van der Waals surface area contributed by atoms with E-state index in [-0.39, 0.29) is 11.8 Å². The molecular weight excluding hydrogens is 424 g/mol. The molecule has 126 valence electrons. The first-order chi connectivity index (χ1) is 12.0. The maximum Gasteiger partial charge on any atom is 0.265 e. The molecule has 0 atom stereocenters. The molecule has 1 aromatic heterocycles. The van der Waals surface area contributed by atoms with Crippen LogP contribution in [-0.4, -0.2) is 11.8 Å². The fourth-order valence-corrected chi connectivity index (χ4v) is 3.19. The number of anilines is 2. The highest BCUT2D eigenvalue weighted by Gasteiger charge is 2.16. The minimum absolute atomic E-state index is 0.269. The van der Waals surface area contributed by atoms with Gasteiger partial charge < -0.3 is 10.6 Å². The molecule has 0 fully saturated rings. The Kier molecular flexibility index (Phi) is 5.53. The molecule has 0 aliphatic rings. The minimum Gasteiger partial charge on any atom is -0.322 e. The first-order valence-electron chi connectivity index (χ1n) is 7.24. The number of hydrogen-bond donors (Lipinski definition) is 2. The van der Waals surface area contributed by atoms with Gasteiger partial charge in [0.25, 0.3) is 11.8 Å². The highest BCUT2D eigenvalue weighted by atomic mass is 79.9. The summed E-state index contributed by atoms with van der Waals surface area (Å²) in [7, 11) is 0. The Labute approximate surface area is 162 Å². The second-order valence-corrected chi connectivity index (χ2v) is 7.38. The van der Waals surface area contributed by atoms with Gasteiger partial charge in [-0.05, 0) is 53.9 Å². The third-order valence-electron chi connectivity index (χ3n) is 3.32. The number of nitrogens with one attached hydrogen (secondary N) is 2. The van der Waals surface area contributed by atoms with Gasteiger partial charge in [-0.3, -0.25) is 9.59 Å². The molecule has 7 heteroatoms. The van der Waals surface area contributed by atoms with Gasteiger partial charge in [0.1, 0.15) is 0 Å². The molecule has 0 bridgehead atoms. The van der Waals surface area contributed by atoms with Crippen molar-refractivity contribution in [1.29, 1.82) is 0 Å². The van der Waals surface area contributed by atoms with Gasteiger partial charge in [0.05, 0.1) is 16.1 Å². The maximum absolute atomic E-state index is 12.6. The van der Waals surface area contributed by atoms with E-state index in [2.05, 4.69) is 26.6 Å². The Morgan fingerprint density at radius 3 is 2.40 bits per heavy atom. The smallest absolute Gasteiger partial charge is 0.265 e. The van der Waals surface area contributed by atoms with E-state index in [9.17, 15) is 9.59 Å². The van der Waals surface area contributed by atoms with E-state index in [1.165, 1.54) is 17.4 Å². The van der Waals surface area contributed by atoms with Crippen LogP contribution in [0.2, 0.25) is 5.02 Å². The van der Waals surface area contributed by atoms with Crippen LogP contribution in [0.15, 0.2) is 64.5 Å². The first-order valence-corrected chi connectivity index (χ1v) is 9.29. The van der Waals surface area contributed by atoms with Gasteiger partial charge in [0.2, 0.25) is 0 Å². The van der Waals surface area contributed by atoms with E-state index in [4.69, 9.17) is 11.6 Å². The standard InChI is InChI=1S/C18H12BrClN2O2S/c19-11-3-6-13(7-4-11)21-17(23)14-10-12(20)5-8-15(14)22-18(24)16-2-1-9-25-16/h1-10H,(H,21,23)(H,22,24). The topological polar surface area (TPSA) is 58.2 Å². The number of carbonyl (C=O) groups is 2. The zero-order chi connectivity index (χ0) is 17.8. The van der Waals surface area contributed by atoms with Gasteiger partial charge in [0.15, 0.2) is 0 Å². The fraction of sp³-hybridized carbons (Fsp3) is 0. The normalized spacial score (nSPS) is 10.3. The average Bonchev–Trinajstić information content (AvgIpc) is 3.13. The Hall–Kier alpha value is -2.15. The molecule has 25 heavy (non-hydrogen) atoms. The van der Waals surface area contributed by atoms with Crippen molar-refractivity contribution < 1.29 is 9.59 Å². The number of rotatable bonds is 4. The Balaban J connectivity index is 1.84. The van der Waals surface area contributed by atoms with Crippen LogP contribution in [0.4, 0.5) is 11.4 Å². The van der Waals surface area contributed by atoms with Gasteiger partial charge in [-0.25, -0.2) is 0 Å². The molecule has 0 unspecified atom stereocenters. The Bertz CT molecular complexity index is 911. The summed E-state index contributed by atoms with van der Waals surface area (Å²) in [5.41, 5.74) is 1.33. The van der Waals surface area contributed by atoms with E-state index < -0.39 is 0 Å². The number of benzene rings is 2. The number of halogens is 2. The molecule has 2 amide bonds. The van der Waals surface area contributed by atoms with Crippen molar-refractivity contribution in [3.63, 3.8) is 0 Å². The minimum atomic E-state index is -0.355. The lowest BCUT2D eigenvalue weighted by atomic mass is 10.1. The van der Waals surface area contributed by atoms with Crippen LogP contribution in [0, 0.1) is 0 Å². The van der Waals surface area contributed by atoms with Crippen molar-refractivity contribution in [2.45, 2.75) is 0 Å². The van der Waals surface area contributed by atoms with Gasteiger partial charge in [-0.1, -0.05) is 33.6 Å². The van der Waals surface area contributed by atoms with E-state index in [0.717, 1.165) is 4.47 Å².